The molecule has 5 nitrogen and oxygen atoms in total. The first kappa shape index (κ1) is 21.7. The zero-order valence-electron chi connectivity index (χ0n) is 15.8. The molecule has 1 amide bonds. The number of rotatable bonds is 7. The van der Waals surface area contributed by atoms with Crippen molar-refractivity contribution in [3.63, 3.8) is 0 Å². The van der Waals surface area contributed by atoms with E-state index >= 15 is 0 Å². The molecule has 8 heteroatoms. The van der Waals surface area contributed by atoms with Gasteiger partial charge >= 0.3 is 6.18 Å². The summed E-state index contributed by atoms with van der Waals surface area (Å²) in [5, 5.41) is 2.90. The number of alkyl halides is 3. The highest BCUT2D eigenvalue weighted by molar-refractivity contribution is 5.86. The number of benzene rings is 1. The second kappa shape index (κ2) is 9.03. The van der Waals surface area contributed by atoms with Gasteiger partial charge in [0.25, 0.3) is 0 Å². The third kappa shape index (κ3) is 5.43. The smallest absolute Gasteiger partial charge is 0.381 e. The largest absolute Gasteiger partial charge is 0.416 e. The van der Waals surface area contributed by atoms with Crippen LogP contribution in [-0.2, 0) is 15.7 Å². The third-order valence-electron chi connectivity index (χ3n) is 5.17. The van der Waals surface area contributed by atoms with Gasteiger partial charge in [0.1, 0.15) is 0 Å². The van der Waals surface area contributed by atoms with E-state index in [0.29, 0.717) is 39.1 Å². The first-order valence-corrected chi connectivity index (χ1v) is 9.27. The normalized spacial score (nSPS) is 18.3. The van der Waals surface area contributed by atoms with Crippen LogP contribution < -0.4 is 11.1 Å². The molecule has 0 radical (unpaired) electrons. The molecule has 1 aromatic rings. The molecule has 1 aromatic carbocycles. The highest BCUT2D eigenvalue weighted by Crippen LogP contribution is 2.31. The quantitative estimate of drug-likeness (QED) is 0.755. The van der Waals surface area contributed by atoms with Gasteiger partial charge < -0.3 is 15.8 Å². The molecule has 0 saturated carbocycles. The summed E-state index contributed by atoms with van der Waals surface area (Å²) >= 11 is 0. The van der Waals surface area contributed by atoms with Gasteiger partial charge in [-0.2, -0.15) is 13.2 Å². The Balaban J connectivity index is 2.13. The second-order valence-corrected chi connectivity index (χ2v) is 6.84. The lowest BCUT2D eigenvalue weighted by molar-refractivity contribution is -0.137. The molecule has 1 fully saturated rings. The number of nitrogens with two attached hydrogens (primary N) is 1. The van der Waals surface area contributed by atoms with Crippen LogP contribution in [0.1, 0.15) is 43.9 Å². The summed E-state index contributed by atoms with van der Waals surface area (Å²) in [5.74, 6) is -0.241. The first-order chi connectivity index (χ1) is 12.7. The van der Waals surface area contributed by atoms with Crippen molar-refractivity contribution < 1.29 is 22.7 Å². The van der Waals surface area contributed by atoms with Crippen LogP contribution in [0.5, 0.6) is 0 Å². The summed E-state index contributed by atoms with van der Waals surface area (Å²) in [6.45, 7) is 6.55. The monoisotopic (exact) mass is 387 g/mol. The summed E-state index contributed by atoms with van der Waals surface area (Å²) < 4.78 is 43.7. The Hall–Kier alpha value is -1.64. The van der Waals surface area contributed by atoms with E-state index in [2.05, 4.69) is 10.2 Å². The minimum atomic E-state index is -4.37. The highest BCUT2D eigenvalue weighted by atomic mass is 19.4. The SMILES string of the molecule is CCN(CC)C(CNC(=O)C1(N)CCOCC1)c1ccc(C(F)(F)F)cc1. The van der Waals surface area contributed by atoms with E-state index in [0.717, 1.165) is 17.7 Å². The fraction of sp³-hybridized carbons (Fsp3) is 0.632. The van der Waals surface area contributed by atoms with Crippen molar-refractivity contribution in [2.75, 3.05) is 32.8 Å². The van der Waals surface area contributed by atoms with Crippen molar-refractivity contribution >= 4 is 5.91 Å². The lowest BCUT2D eigenvalue weighted by Crippen LogP contribution is -2.57. The average Bonchev–Trinajstić information content (AvgIpc) is 2.65. The van der Waals surface area contributed by atoms with Gasteiger partial charge in [-0.1, -0.05) is 26.0 Å². The summed E-state index contributed by atoms with van der Waals surface area (Å²) in [6, 6.07) is 4.89. The van der Waals surface area contributed by atoms with E-state index in [1.54, 1.807) is 0 Å². The van der Waals surface area contributed by atoms with Crippen LogP contribution in [0, 0.1) is 0 Å². The Kier molecular flexibility index (Phi) is 7.25. The van der Waals surface area contributed by atoms with Gasteiger partial charge in [-0.25, -0.2) is 0 Å². The van der Waals surface area contributed by atoms with E-state index < -0.39 is 17.3 Å². The van der Waals surface area contributed by atoms with Crippen LogP contribution in [0.4, 0.5) is 13.2 Å². The molecule has 1 heterocycles. The molecule has 0 bridgehead atoms. The van der Waals surface area contributed by atoms with Gasteiger partial charge in [0, 0.05) is 19.8 Å². The molecular weight excluding hydrogens is 359 g/mol. The number of hydrogen-bond donors (Lipinski definition) is 2. The topological polar surface area (TPSA) is 67.6 Å². The van der Waals surface area contributed by atoms with Crippen LogP contribution in [0.15, 0.2) is 24.3 Å². The number of carbonyl (C=O) groups excluding carboxylic acids is 1. The molecular formula is C19H28F3N3O2. The molecule has 2 rings (SSSR count). The standard InChI is InChI=1S/C19H28F3N3O2/c1-3-25(4-2)16(14-5-7-15(8-6-14)19(20,21)22)13-24-17(26)18(23)9-11-27-12-10-18/h5-8,16H,3-4,9-13,23H2,1-2H3,(H,24,26). The Labute approximate surface area is 158 Å². The molecule has 152 valence electrons. The van der Waals surface area contributed by atoms with Crippen molar-refractivity contribution in [2.45, 2.75) is 44.4 Å². The predicted molar refractivity (Wildman–Crippen MR) is 97.1 cm³/mol. The first-order valence-electron chi connectivity index (χ1n) is 9.27. The van der Waals surface area contributed by atoms with Crippen LogP contribution in [0.25, 0.3) is 0 Å². The maximum absolute atomic E-state index is 12.8. The van der Waals surface area contributed by atoms with Gasteiger partial charge in [0.05, 0.1) is 17.1 Å². The second-order valence-electron chi connectivity index (χ2n) is 6.84. The lowest BCUT2D eigenvalue weighted by atomic mass is 9.90. The lowest BCUT2D eigenvalue weighted by Gasteiger charge is -2.34. The van der Waals surface area contributed by atoms with Gasteiger partial charge in [0.15, 0.2) is 0 Å². The van der Waals surface area contributed by atoms with Crippen LogP contribution in [0.3, 0.4) is 0 Å². The summed E-state index contributed by atoms with van der Waals surface area (Å²) in [5.41, 5.74) is 5.30. The number of nitrogens with one attached hydrogen (secondary N) is 1. The Morgan fingerprint density at radius 1 is 1.22 bits per heavy atom. The number of carbonyl (C=O) groups is 1. The van der Waals surface area contributed by atoms with Gasteiger partial charge in [-0.3, -0.25) is 9.69 Å². The summed E-state index contributed by atoms with van der Waals surface area (Å²) in [6.07, 6.45) is -3.46. The Bertz CT molecular complexity index is 610. The fourth-order valence-corrected chi connectivity index (χ4v) is 3.34. The van der Waals surface area contributed by atoms with E-state index in [1.807, 2.05) is 13.8 Å². The molecule has 1 aliphatic rings. The third-order valence-corrected chi connectivity index (χ3v) is 5.17. The molecule has 0 aromatic heterocycles. The molecule has 0 spiro atoms. The molecule has 1 saturated heterocycles. The van der Waals surface area contributed by atoms with Crippen LogP contribution >= 0.6 is 0 Å². The minimum Gasteiger partial charge on any atom is -0.381 e. The number of hydrogen-bond acceptors (Lipinski definition) is 4. The molecule has 0 aliphatic carbocycles. The van der Waals surface area contributed by atoms with Gasteiger partial charge in [-0.15, -0.1) is 0 Å². The Morgan fingerprint density at radius 2 is 1.78 bits per heavy atom. The maximum Gasteiger partial charge on any atom is 0.416 e. The number of halogens is 3. The van der Waals surface area contributed by atoms with Gasteiger partial charge in [0.2, 0.25) is 5.91 Å². The van der Waals surface area contributed by atoms with E-state index in [9.17, 15) is 18.0 Å². The van der Waals surface area contributed by atoms with E-state index in [-0.39, 0.29) is 18.5 Å². The van der Waals surface area contributed by atoms with E-state index in [1.165, 1.54) is 12.1 Å². The summed E-state index contributed by atoms with van der Waals surface area (Å²) in [4.78, 5) is 14.7. The number of amides is 1. The summed E-state index contributed by atoms with van der Waals surface area (Å²) in [7, 11) is 0. The predicted octanol–water partition coefficient (Wildman–Crippen LogP) is 2.71. The Morgan fingerprint density at radius 3 is 2.26 bits per heavy atom. The molecule has 1 aliphatic heterocycles. The molecule has 27 heavy (non-hydrogen) atoms. The fourth-order valence-electron chi connectivity index (χ4n) is 3.34. The van der Waals surface area contributed by atoms with Crippen molar-refractivity contribution in [3.8, 4) is 0 Å². The van der Waals surface area contributed by atoms with Crippen molar-refractivity contribution in [3.05, 3.63) is 35.4 Å². The molecule has 3 N–H and O–H groups in total. The van der Waals surface area contributed by atoms with Crippen LogP contribution in [-0.4, -0.2) is 49.2 Å². The minimum absolute atomic E-state index is 0.227. The zero-order valence-corrected chi connectivity index (χ0v) is 15.8. The number of nitrogens with zero attached hydrogens (tertiary/aromatic N) is 1. The maximum atomic E-state index is 12.8. The van der Waals surface area contributed by atoms with E-state index in [4.69, 9.17) is 10.5 Å². The van der Waals surface area contributed by atoms with Crippen molar-refractivity contribution in [1.29, 1.82) is 0 Å². The molecule has 1 unspecified atom stereocenters. The van der Waals surface area contributed by atoms with Crippen molar-refractivity contribution in [1.82, 2.24) is 10.2 Å². The number of likely N-dealkylation sites (N-methyl/N-ethyl adjacent to an activating group) is 1. The zero-order chi connectivity index (χ0) is 20.1. The van der Waals surface area contributed by atoms with Crippen molar-refractivity contribution in [2.24, 2.45) is 5.73 Å². The highest BCUT2D eigenvalue weighted by Gasteiger charge is 2.36. The number of ether oxygens (including phenoxy) is 1. The van der Waals surface area contributed by atoms with Gasteiger partial charge in [-0.05, 0) is 43.6 Å². The van der Waals surface area contributed by atoms with Crippen LogP contribution in [0.2, 0.25) is 0 Å². The average molecular weight is 387 g/mol. The molecule has 1 atom stereocenters.